The summed E-state index contributed by atoms with van der Waals surface area (Å²) in [5, 5.41) is 0.0815. The summed E-state index contributed by atoms with van der Waals surface area (Å²) in [5.74, 6) is -2.81. The number of aromatic amines is 1. The fourth-order valence-electron chi connectivity index (χ4n) is 4.02. The first-order valence-corrected chi connectivity index (χ1v) is 6.81. The maximum atomic E-state index is 14.2. The van der Waals surface area contributed by atoms with Crippen molar-refractivity contribution in [2.75, 3.05) is 0 Å². The van der Waals surface area contributed by atoms with E-state index in [0.29, 0.717) is 12.5 Å². The molecule has 1 heterocycles. The van der Waals surface area contributed by atoms with Crippen LogP contribution in [0.4, 0.5) is 13.2 Å². The molecular formula is C16H18F3N. The zero-order valence-corrected chi connectivity index (χ0v) is 12.1. The van der Waals surface area contributed by atoms with E-state index in [9.17, 15) is 13.2 Å². The first-order chi connectivity index (χ1) is 9.12. The molecule has 0 unspecified atom stereocenters. The Morgan fingerprint density at radius 1 is 1.05 bits per heavy atom. The molecule has 0 aliphatic heterocycles. The predicted molar refractivity (Wildman–Crippen MR) is 73.3 cm³/mol. The van der Waals surface area contributed by atoms with Crippen molar-refractivity contribution < 1.29 is 13.2 Å². The molecule has 1 nitrogen and oxygen atoms in total. The van der Waals surface area contributed by atoms with Gasteiger partial charge in [-0.1, -0.05) is 27.7 Å². The van der Waals surface area contributed by atoms with Crippen molar-refractivity contribution in [3.63, 3.8) is 0 Å². The highest BCUT2D eigenvalue weighted by Gasteiger charge is 2.41. The predicted octanol–water partition coefficient (Wildman–Crippen LogP) is 4.84. The van der Waals surface area contributed by atoms with Gasteiger partial charge in [0.2, 0.25) is 0 Å². The molecule has 1 N–H and O–H groups in total. The third kappa shape index (κ3) is 1.77. The van der Waals surface area contributed by atoms with E-state index in [1.165, 1.54) is 0 Å². The van der Waals surface area contributed by atoms with Gasteiger partial charge < -0.3 is 4.98 Å². The summed E-state index contributed by atoms with van der Waals surface area (Å²) >= 11 is 0. The monoisotopic (exact) mass is 281 g/mol. The molecule has 108 valence electrons. The second kappa shape index (κ2) is 3.80. The van der Waals surface area contributed by atoms with E-state index in [1.54, 1.807) is 0 Å². The summed E-state index contributed by atoms with van der Waals surface area (Å²) in [5.41, 5.74) is 1.35. The molecule has 0 saturated carbocycles. The van der Waals surface area contributed by atoms with Crippen LogP contribution in [-0.2, 0) is 11.8 Å². The molecule has 1 aliphatic carbocycles. The number of fused-ring (bicyclic) bond motifs is 3. The molecule has 4 heteroatoms. The number of aromatic nitrogens is 1. The number of hydrogen-bond donors (Lipinski definition) is 1. The van der Waals surface area contributed by atoms with E-state index in [1.807, 2.05) is 13.8 Å². The van der Waals surface area contributed by atoms with Crippen LogP contribution in [0.15, 0.2) is 6.07 Å². The largest absolute Gasteiger partial charge is 0.356 e. The van der Waals surface area contributed by atoms with Crippen LogP contribution in [0.3, 0.4) is 0 Å². The first-order valence-electron chi connectivity index (χ1n) is 6.81. The number of nitrogens with one attached hydrogen (secondary N) is 1. The molecule has 20 heavy (non-hydrogen) atoms. The summed E-state index contributed by atoms with van der Waals surface area (Å²) in [4.78, 5) is 2.98. The van der Waals surface area contributed by atoms with Crippen LogP contribution >= 0.6 is 0 Å². The number of rotatable bonds is 0. The fraction of sp³-hybridized carbons (Fsp3) is 0.500. The number of benzene rings is 1. The number of hydrogen-bond acceptors (Lipinski definition) is 0. The number of halogens is 3. The van der Waals surface area contributed by atoms with Crippen LogP contribution in [0.5, 0.6) is 0 Å². The highest BCUT2D eigenvalue weighted by molar-refractivity contribution is 5.87. The second-order valence-electron chi connectivity index (χ2n) is 7.28. The summed E-state index contributed by atoms with van der Waals surface area (Å²) < 4.78 is 41.6. The lowest BCUT2D eigenvalue weighted by molar-refractivity contribution is 0.230. The van der Waals surface area contributed by atoms with Crippen LogP contribution in [-0.4, -0.2) is 4.98 Å². The first kappa shape index (κ1) is 13.5. The Hall–Kier alpha value is -1.45. The molecule has 0 fully saturated rings. The molecular weight excluding hydrogens is 263 g/mol. The minimum Gasteiger partial charge on any atom is -0.356 e. The van der Waals surface area contributed by atoms with Crippen molar-refractivity contribution >= 4 is 10.9 Å². The molecule has 1 aromatic carbocycles. The Morgan fingerprint density at radius 2 is 1.70 bits per heavy atom. The summed E-state index contributed by atoms with van der Waals surface area (Å²) in [6.45, 7) is 8.28. The van der Waals surface area contributed by atoms with Crippen molar-refractivity contribution in [1.29, 1.82) is 0 Å². The zero-order valence-electron chi connectivity index (χ0n) is 12.1. The van der Waals surface area contributed by atoms with Crippen LogP contribution in [0.25, 0.3) is 10.9 Å². The Morgan fingerprint density at radius 3 is 2.35 bits per heavy atom. The summed E-state index contributed by atoms with van der Waals surface area (Å²) in [6.07, 6.45) is 1.55. The molecule has 1 aromatic heterocycles. The van der Waals surface area contributed by atoms with Gasteiger partial charge in [0.05, 0.1) is 5.52 Å². The second-order valence-corrected chi connectivity index (χ2v) is 7.28. The van der Waals surface area contributed by atoms with Crippen LogP contribution in [0, 0.1) is 22.9 Å². The van der Waals surface area contributed by atoms with Gasteiger partial charge in [0.15, 0.2) is 11.6 Å². The maximum absolute atomic E-state index is 14.2. The molecule has 0 atom stereocenters. The highest BCUT2D eigenvalue weighted by atomic mass is 19.2. The maximum Gasteiger partial charge on any atom is 0.168 e. The molecule has 0 bridgehead atoms. The molecule has 0 spiro atoms. The lowest BCUT2D eigenvalue weighted by atomic mass is 9.64. The van der Waals surface area contributed by atoms with Crippen molar-refractivity contribution in [3.05, 3.63) is 34.8 Å². The third-order valence-corrected chi connectivity index (χ3v) is 4.25. The minimum absolute atomic E-state index is 0.0445. The van der Waals surface area contributed by atoms with Gasteiger partial charge >= 0.3 is 0 Å². The van der Waals surface area contributed by atoms with Crippen molar-refractivity contribution in [2.24, 2.45) is 5.41 Å². The van der Waals surface area contributed by atoms with E-state index < -0.39 is 17.5 Å². The normalized spacial score (nSPS) is 20.1. The average Bonchev–Trinajstić information content (AvgIpc) is 2.63. The zero-order chi connectivity index (χ0) is 14.9. The van der Waals surface area contributed by atoms with E-state index in [0.717, 1.165) is 17.7 Å². The summed E-state index contributed by atoms with van der Waals surface area (Å²) in [6, 6.07) is 0.609. The Bertz CT molecular complexity index is 710. The summed E-state index contributed by atoms with van der Waals surface area (Å²) in [7, 11) is 0. The lowest BCUT2D eigenvalue weighted by Gasteiger charge is -2.40. The SMILES string of the molecule is CC1(C)Cc2[nH]c3c(F)cc(F)c(F)c3c2C(C)(C)C1. The van der Waals surface area contributed by atoms with E-state index >= 15 is 0 Å². The van der Waals surface area contributed by atoms with Gasteiger partial charge in [0, 0.05) is 17.1 Å². The van der Waals surface area contributed by atoms with Crippen LogP contribution < -0.4 is 0 Å². The standard InChI is InChI=1S/C16H18F3N/c1-15(2)6-10-12(16(3,4)7-15)11-13(19)8(17)5-9(18)14(11)20-10/h5,20H,6-7H2,1-4H3. The quantitative estimate of drug-likeness (QED) is 0.665. The smallest absolute Gasteiger partial charge is 0.168 e. The highest BCUT2D eigenvalue weighted by Crippen LogP contribution is 2.49. The number of H-pyrrole nitrogens is 1. The molecule has 1 aliphatic rings. The lowest BCUT2D eigenvalue weighted by Crippen LogP contribution is -2.34. The molecule has 0 radical (unpaired) electrons. The third-order valence-electron chi connectivity index (χ3n) is 4.25. The van der Waals surface area contributed by atoms with Crippen LogP contribution in [0.2, 0.25) is 0 Å². The van der Waals surface area contributed by atoms with Gasteiger partial charge in [-0.2, -0.15) is 0 Å². The van der Waals surface area contributed by atoms with Gasteiger partial charge in [0.25, 0.3) is 0 Å². The minimum atomic E-state index is -1.13. The molecule has 0 saturated heterocycles. The molecule has 2 aromatic rings. The Balaban J connectivity index is 2.43. The van der Waals surface area contributed by atoms with Crippen molar-refractivity contribution in [1.82, 2.24) is 4.98 Å². The Labute approximate surface area is 116 Å². The van der Waals surface area contributed by atoms with Gasteiger partial charge in [-0.3, -0.25) is 0 Å². The van der Waals surface area contributed by atoms with Gasteiger partial charge in [-0.15, -0.1) is 0 Å². The van der Waals surface area contributed by atoms with E-state index in [-0.39, 0.29) is 21.7 Å². The van der Waals surface area contributed by atoms with E-state index in [2.05, 4.69) is 18.8 Å². The fourth-order valence-corrected chi connectivity index (χ4v) is 4.02. The van der Waals surface area contributed by atoms with Gasteiger partial charge in [-0.25, -0.2) is 13.2 Å². The van der Waals surface area contributed by atoms with Crippen molar-refractivity contribution in [3.8, 4) is 0 Å². The molecule has 0 amide bonds. The van der Waals surface area contributed by atoms with Crippen LogP contribution in [0.1, 0.15) is 45.4 Å². The molecule has 3 rings (SSSR count). The van der Waals surface area contributed by atoms with Gasteiger partial charge in [-0.05, 0) is 29.2 Å². The average molecular weight is 281 g/mol. The topological polar surface area (TPSA) is 15.8 Å². The Kier molecular flexibility index (Phi) is 2.57. The van der Waals surface area contributed by atoms with Gasteiger partial charge in [0.1, 0.15) is 5.82 Å². The van der Waals surface area contributed by atoms with E-state index in [4.69, 9.17) is 0 Å². The van der Waals surface area contributed by atoms with Crippen molar-refractivity contribution in [2.45, 2.75) is 46.0 Å².